The average molecular weight is 318 g/mol. The lowest BCUT2D eigenvalue weighted by Crippen LogP contribution is -2.44. The largest absolute Gasteiger partial charge is 0.369 e. The molecule has 1 amide bonds. The van der Waals surface area contributed by atoms with Crippen molar-refractivity contribution in [2.75, 3.05) is 13.1 Å². The number of fused-ring (bicyclic) bond motifs is 1. The van der Waals surface area contributed by atoms with E-state index in [0.717, 1.165) is 10.8 Å². The lowest BCUT2D eigenvalue weighted by molar-refractivity contribution is -0.122. The van der Waals surface area contributed by atoms with Crippen LogP contribution in [-0.4, -0.2) is 31.7 Å². The van der Waals surface area contributed by atoms with Crippen LogP contribution in [0.3, 0.4) is 0 Å². The van der Waals surface area contributed by atoms with Crippen molar-refractivity contribution < 1.29 is 13.2 Å². The molecule has 5 nitrogen and oxygen atoms in total. The fourth-order valence-corrected chi connectivity index (χ4v) is 4.43. The summed E-state index contributed by atoms with van der Waals surface area (Å²) in [6.45, 7) is 0.601. The molecule has 0 bridgehead atoms. The number of hydrogen-bond acceptors (Lipinski definition) is 3. The number of hydrogen-bond donors (Lipinski definition) is 1. The SMILES string of the molecule is NC(=O)[C@@H]1CCCN(S(=O)(=O)c2ccc3ccccc3c2)C1. The summed E-state index contributed by atoms with van der Waals surface area (Å²) in [6.07, 6.45) is 1.31. The average Bonchev–Trinajstić information content (AvgIpc) is 2.54. The fraction of sp³-hybridized carbons (Fsp3) is 0.312. The molecule has 1 aliphatic heterocycles. The van der Waals surface area contributed by atoms with Gasteiger partial charge in [-0.1, -0.05) is 30.3 Å². The highest BCUT2D eigenvalue weighted by molar-refractivity contribution is 7.89. The number of carbonyl (C=O) groups excluding carboxylic acids is 1. The monoisotopic (exact) mass is 318 g/mol. The van der Waals surface area contributed by atoms with Crippen LogP contribution in [-0.2, 0) is 14.8 Å². The van der Waals surface area contributed by atoms with E-state index in [1.807, 2.05) is 24.3 Å². The summed E-state index contributed by atoms with van der Waals surface area (Å²) in [5.74, 6) is -0.831. The van der Waals surface area contributed by atoms with E-state index in [1.165, 1.54) is 4.31 Å². The van der Waals surface area contributed by atoms with Crippen molar-refractivity contribution in [2.45, 2.75) is 17.7 Å². The Morgan fingerprint density at radius 3 is 2.59 bits per heavy atom. The Bertz CT molecular complexity index is 817. The van der Waals surface area contributed by atoms with Gasteiger partial charge < -0.3 is 5.73 Å². The molecule has 22 heavy (non-hydrogen) atoms. The molecular weight excluding hydrogens is 300 g/mol. The Kier molecular flexibility index (Phi) is 3.88. The molecule has 1 heterocycles. The van der Waals surface area contributed by atoms with E-state index in [-0.39, 0.29) is 11.4 Å². The van der Waals surface area contributed by atoms with Crippen LogP contribution in [0.15, 0.2) is 47.4 Å². The number of sulfonamides is 1. The smallest absolute Gasteiger partial charge is 0.243 e. The Hall–Kier alpha value is -1.92. The highest BCUT2D eigenvalue weighted by atomic mass is 32.2. The van der Waals surface area contributed by atoms with Gasteiger partial charge in [-0.25, -0.2) is 8.42 Å². The van der Waals surface area contributed by atoms with Gasteiger partial charge in [-0.3, -0.25) is 4.79 Å². The predicted octanol–water partition coefficient (Wildman–Crippen LogP) is 1.73. The van der Waals surface area contributed by atoms with Crippen LogP contribution in [0.2, 0.25) is 0 Å². The van der Waals surface area contributed by atoms with Crippen LogP contribution >= 0.6 is 0 Å². The molecule has 2 N–H and O–H groups in total. The van der Waals surface area contributed by atoms with Gasteiger partial charge in [-0.05, 0) is 35.7 Å². The second kappa shape index (κ2) is 5.70. The normalized spacial score (nSPS) is 20.1. The Morgan fingerprint density at radius 1 is 1.14 bits per heavy atom. The lowest BCUT2D eigenvalue weighted by atomic mass is 9.99. The molecule has 1 saturated heterocycles. The maximum absolute atomic E-state index is 12.8. The molecule has 0 radical (unpaired) electrons. The van der Waals surface area contributed by atoms with Gasteiger partial charge in [0.2, 0.25) is 15.9 Å². The van der Waals surface area contributed by atoms with Gasteiger partial charge in [-0.2, -0.15) is 4.31 Å². The topological polar surface area (TPSA) is 80.5 Å². The molecule has 1 atom stereocenters. The second-order valence-electron chi connectivity index (χ2n) is 5.61. The zero-order chi connectivity index (χ0) is 15.7. The molecular formula is C16H18N2O3S. The van der Waals surface area contributed by atoms with Gasteiger partial charge in [0, 0.05) is 13.1 Å². The molecule has 1 aliphatic rings. The van der Waals surface area contributed by atoms with Crippen molar-refractivity contribution in [1.29, 1.82) is 0 Å². The summed E-state index contributed by atoms with van der Waals surface area (Å²) in [6, 6.07) is 12.7. The van der Waals surface area contributed by atoms with Gasteiger partial charge >= 0.3 is 0 Å². The minimum atomic E-state index is -3.59. The standard InChI is InChI=1S/C16H18N2O3S/c17-16(19)14-6-3-9-18(11-14)22(20,21)15-8-7-12-4-1-2-5-13(12)10-15/h1-2,4-5,7-8,10,14H,3,6,9,11H2,(H2,17,19)/t14-/m1/s1. The number of rotatable bonds is 3. The first-order valence-electron chi connectivity index (χ1n) is 7.27. The Labute approximate surface area is 129 Å². The number of primary amides is 1. The Balaban J connectivity index is 1.95. The summed E-state index contributed by atoms with van der Waals surface area (Å²) >= 11 is 0. The first kappa shape index (κ1) is 15.0. The quantitative estimate of drug-likeness (QED) is 0.936. The summed E-state index contributed by atoms with van der Waals surface area (Å²) in [5.41, 5.74) is 5.33. The summed E-state index contributed by atoms with van der Waals surface area (Å²) in [7, 11) is -3.59. The fourth-order valence-electron chi connectivity index (χ4n) is 2.87. The van der Waals surface area contributed by atoms with Crippen molar-refractivity contribution in [3.63, 3.8) is 0 Å². The molecule has 2 aromatic carbocycles. The lowest BCUT2D eigenvalue weighted by Gasteiger charge is -2.30. The molecule has 0 saturated carbocycles. The maximum atomic E-state index is 12.8. The highest BCUT2D eigenvalue weighted by Crippen LogP contribution is 2.26. The molecule has 0 spiro atoms. The van der Waals surface area contributed by atoms with Crippen molar-refractivity contribution in [3.05, 3.63) is 42.5 Å². The number of piperidine rings is 1. The highest BCUT2D eigenvalue weighted by Gasteiger charge is 2.32. The molecule has 116 valence electrons. The van der Waals surface area contributed by atoms with Gasteiger partial charge in [0.05, 0.1) is 10.8 Å². The molecule has 0 aliphatic carbocycles. The van der Waals surface area contributed by atoms with Crippen LogP contribution < -0.4 is 5.73 Å². The van der Waals surface area contributed by atoms with Crippen LogP contribution in [0.5, 0.6) is 0 Å². The van der Waals surface area contributed by atoms with E-state index in [0.29, 0.717) is 19.4 Å². The third-order valence-electron chi connectivity index (χ3n) is 4.15. The Morgan fingerprint density at radius 2 is 1.86 bits per heavy atom. The maximum Gasteiger partial charge on any atom is 0.243 e. The third kappa shape index (κ3) is 2.71. The van der Waals surface area contributed by atoms with Crippen LogP contribution in [0.25, 0.3) is 10.8 Å². The first-order valence-corrected chi connectivity index (χ1v) is 8.71. The molecule has 6 heteroatoms. The van der Waals surface area contributed by atoms with E-state index < -0.39 is 21.8 Å². The van der Waals surface area contributed by atoms with Crippen LogP contribution in [0, 0.1) is 5.92 Å². The predicted molar refractivity (Wildman–Crippen MR) is 84.6 cm³/mol. The third-order valence-corrected chi connectivity index (χ3v) is 6.01. The first-order chi connectivity index (χ1) is 10.5. The molecule has 0 aromatic heterocycles. The van der Waals surface area contributed by atoms with E-state index in [4.69, 9.17) is 5.73 Å². The van der Waals surface area contributed by atoms with Gasteiger partial charge in [0.1, 0.15) is 0 Å². The van der Waals surface area contributed by atoms with Crippen molar-refractivity contribution in [1.82, 2.24) is 4.31 Å². The van der Waals surface area contributed by atoms with E-state index in [1.54, 1.807) is 18.2 Å². The van der Waals surface area contributed by atoms with Crippen molar-refractivity contribution >= 4 is 26.7 Å². The minimum absolute atomic E-state index is 0.171. The zero-order valence-corrected chi connectivity index (χ0v) is 12.9. The number of amides is 1. The number of carbonyl (C=O) groups is 1. The zero-order valence-electron chi connectivity index (χ0n) is 12.1. The van der Waals surface area contributed by atoms with Gasteiger partial charge in [-0.15, -0.1) is 0 Å². The minimum Gasteiger partial charge on any atom is -0.369 e. The van der Waals surface area contributed by atoms with Gasteiger partial charge in [0.25, 0.3) is 0 Å². The van der Waals surface area contributed by atoms with E-state index >= 15 is 0 Å². The molecule has 2 aromatic rings. The number of nitrogens with zero attached hydrogens (tertiary/aromatic N) is 1. The van der Waals surface area contributed by atoms with Crippen LogP contribution in [0.1, 0.15) is 12.8 Å². The van der Waals surface area contributed by atoms with Gasteiger partial charge in [0.15, 0.2) is 0 Å². The molecule has 3 rings (SSSR count). The molecule has 1 fully saturated rings. The summed E-state index contributed by atoms with van der Waals surface area (Å²) < 4.78 is 26.9. The van der Waals surface area contributed by atoms with E-state index in [2.05, 4.69) is 0 Å². The summed E-state index contributed by atoms with van der Waals surface area (Å²) in [5, 5.41) is 1.88. The molecule has 0 unspecified atom stereocenters. The summed E-state index contributed by atoms with van der Waals surface area (Å²) in [4.78, 5) is 11.6. The van der Waals surface area contributed by atoms with Crippen molar-refractivity contribution in [2.24, 2.45) is 11.7 Å². The second-order valence-corrected chi connectivity index (χ2v) is 7.55. The van der Waals surface area contributed by atoms with Crippen molar-refractivity contribution in [3.8, 4) is 0 Å². The number of nitrogens with two attached hydrogens (primary N) is 1. The number of benzene rings is 2. The van der Waals surface area contributed by atoms with E-state index in [9.17, 15) is 13.2 Å². The van der Waals surface area contributed by atoms with Crippen LogP contribution in [0.4, 0.5) is 0 Å².